The minimum absolute atomic E-state index is 0.880. The highest BCUT2D eigenvalue weighted by atomic mass is 32.1. The van der Waals surface area contributed by atoms with Gasteiger partial charge < -0.3 is 10.2 Å². The van der Waals surface area contributed by atoms with E-state index in [9.17, 15) is 0 Å². The molecule has 0 fully saturated rings. The number of hydrogen-bond donors (Lipinski definition) is 1. The van der Waals surface area contributed by atoms with Crippen molar-refractivity contribution in [3.05, 3.63) is 218 Å². The van der Waals surface area contributed by atoms with Gasteiger partial charge in [0.05, 0.1) is 5.70 Å². The molecule has 0 amide bonds. The Morgan fingerprint density at radius 1 is 0.519 bits per heavy atom. The quantitative estimate of drug-likeness (QED) is 0.177. The summed E-state index contributed by atoms with van der Waals surface area (Å²) < 4.78 is 2.62. The molecule has 54 heavy (non-hydrogen) atoms. The number of rotatable bonds is 7. The number of nitrogens with one attached hydrogen (secondary N) is 1. The van der Waals surface area contributed by atoms with Gasteiger partial charge in [0, 0.05) is 42.9 Å². The molecule has 8 aromatic rings. The molecule has 0 atom stereocenters. The van der Waals surface area contributed by atoms with E-state index in [1.165, 1.54) is 42.1 Å². The average Bonchev–Trinajstić information content (AvgIpc) is 3.61. The first-order valence-electron chi connectivity index (χ1n) is 18.3. The standard InChI is InChI=1S/C51H38N2S/c1-36-13-7-4-2-3-5-10-18-49(36)53(45-32-34-50-48(35-45)47-33-25-41-16-11-12-17-46(41)51(47)54-50)44-30-23-40(24-31-44)39-21-28-43(29-22-39)52-42-26-19-38(20-27-42)37-14-8-6-9-15-37/h2,4-35,52H,1,3H2/b4-2-,10-5-,13-7-,49-18?. The minimum atomic E-state index is 0.880. The Labute approximate surface area is 320 Å². The first kappa shape index (κ1) is 33.2. The van der Waals surface area contributed by atoms with Gasteiger partial charge in [-0.1, -0.05) is 146 Å². The fraction of sp³-hybridized carbons (Fsp3) is 0.0196. The van der Waals surface area contributed by atoms with E-state index in [0.29, 0.717) is 0 Å². The van der Waals surface area contributed by atoms with Crippen LogP contribution in [0.15, 0.2) is 218 Å². The molecule has 1 aliphatic carbocycles. The molecule has 9 rings (SSSR count). The zero-order valence-corrected chi connectivity index (χ0v) is 30.6. The maximum Gasteiger partial charge on any atom is 0.0527 e. The highest BCUT2D eigenvalue weighted by Gasteiger charge is 2.19. The van der Waals surface area contributed by atoms with Crippen LogP contribution in [0.4, 0.5) is 22.7 Å². The smallest absolute Gasteiger partial charge is 0.0527 e. The lowest BCUT2D eigenvalue weighted by Gasteiger charge is -2.29. The Hall–Kier alpha value is -6.68. The van der Waals surface area contributed by atoms with Crippen molar-refractivity contribution >= 4 is 65.0 Å². The molecule has 7 aromatic carbocycles. The van der Waals surface area contributed by atoms with Gasteiger partial charge in [-0.15, -0.1) is 11.3 Å². The zero-order chi connectivity index (χ0) is 36.3. The minimum Gasteiger partial charge on any atom is -0.356 e. The zero-order valence-electron chi connectivity index (χ0n) is 29.8. The molecule has 0 spiro atoms. The Morgan fingerprint density at radius 3 is 1.89 bits per heavy atom. The lowest BCUT2D eigenvalue weighted by Crippen LogP contribution is -2.17. The van der Waals surface area contributed by atoms with Crippen molar-refractivity contribution in [1.82, 2.24) is 0 Å². The summed E-state index contributed by atoms with van der Waals surface area (Å²) in [4.78, 5) is 2.34. The van der Waals surface area contributed by atoms with Crippen LogP contribution in [0.3, 0.4) is 0 Å². The molecule has 0 bridgehead atoms. The monoisotopic (exact) mass is 710 g/mol. The summed E-state index contributed by atoms with van der Waals surface area (Å²) in [6.07, 6.45) is 15.8. The highest BCUT2D eigenvalue weighted by Crippen LogP contribution is 2.42. The largest absolute Gasteiger partial charge is 0.356 e. The second-order valence-electron chi connectivity index (χ2n) is 13.5. The fourth-order valence-electron chi connectivity index (χ4n) is 7.21. The third kappa shape index (κ3) is 6.69. The van der Waals surface area contributed by atoms with Crippen molar-refractivity contribution < 1.29 is 0 Å². The van der Waals surface area contributed by atoms with Gasteiger partial charge in [-0.3, -0.25) is 0 Å². The number of benzene rings is 7. The second-order valence-corrected chi connectivity index (χ2v) is 14.6. The fourth-order valence-corrected chi connectivity index (χ4v) is 8.43. The molecule has 1 N–H and O–H groups in total. The number of allylic oxidation sites excluding steroid dienone is 7. The third-order valence-corrected chi connectivity index (χ3v) is 11.2. The molecule has 0 unspecified atom stereocenters. The summed E-state index contributed by atoms with van der Waals surface area (Å²) in [7, 11) is 0. The lowest BCUT2D eigenvalue weighted by atomic mass is 10.0. The number of anilines is 4. The maximum absolute atomic E-state index is 4.53. The number of hydrogen-bond acceptors (Lipinski definition) is 3. The molecular formula is C51H38N2S. The topological polar surface area (TPSA) is 15.3 Å². The molecule has 0 saturated carbocycles. The number of nitrogens with zero attached hydrogens (tertiary/aromatic N) is 1. The van der Waals surface area contributed by atoms with Crippen molar-refractivity contribution in [3.63, 3.8) is 0 Å². The molecule has 0 radical (unpaired) electrons. The molecular weight excluding hydrogens is 673 g/mol. The summed E-state index contributed by atoms with van der Waals surface area (Å²) in [5.41, 5.74) is 11.0. The van der Waals surface area contributed by atoms with Crippen LogP contribution in [0.25, 0.3) is 53.2 Å². The lowest BCUT2D eigenvalue weighted by molar-refractivity contribution is 1.19. The van der Waals surface area contributed by atoms with Crippen LogP contribution < -0.4 is 10.2 Å². The van der Waals surface area contributed by atoms with Crippen LogP contribution in [-0.4, -0.2) is 0 Å². The van der Waals surface area contributed by atoms with Crippen LogP contribution in [0.1, 0.15) is 6.42 Å². The second kappa shape index (κ2) is 14.7. The maximum atomic E-state index is 4.53. The molecule has 1 aromatic heterocycles. The predicted molar refractivity (Wildman–Crippen MR) is 235 cm³/mol. The third-order valence-electron chi connectivity index (χ3n) is 10.0. The molecule has 0 aliphatic heterocycles. The Kier molecular flexibility index (Phi) is 9.06. The Bertz CT molecular complexity index is 2750. The van der Waals surface area contributed by atoms with Gasteiger partial charge in [-0.05, 0) is 106 Å². The van der Waals surface area contributed by atoms with Gasteiger partial charge in [0.1, 0.15) is 0 Å². The van der Waals surface area contributed by atoms with Gasteiger partial charge in [0.2, 0.25) is 0 Å². The number of thiophene rings is 1. The molecule has 258 valence electrons. The molecule has 3 heteroatoms. The van der Waals surface area contributed by atoms with E-state index >= 15 is 0 Å². The van der Waals surface area contributed by atoms with Gasteiger partial charge in [-0.25, -0.2) is 0 Å². The van der Waals surface area contributed by atoms with Gasteiger partial charge in [0.25, 0.3) is 0 Å². The first-order chi connectivity index (χ1) is 26.7. The van der Waals surface area contributed by atoms with Gasteiger partial charge in [-0.2, -0.15) is 0 Å². The first-order valence-corrected chi connectivity index (χ1v) is 19.2. The summed E-state index contributed by atoms with van der Waals surface area (Å²) in [6, 6.07) is 56.6. The molecule has 1 heterocycles. The van der Waals surface area contributed by atoms with Crippen molar-refractivity contribution in [2.75, 3.05) is 10.2 Å². The van der Waals surface area contributed by atoms with Crippen LogP contribution in [-0.2, 0) is 0 Å². The molecule has 1 aliphatic rings. The molecule has 0 saturated heterocycles. The highest BCUT2D eigenvalue weighted by molar-refractivity contribution is 7.26. The Morgan fingerprint density at radius 2 is 1.15 bits per heavy atom. The van der Waals surface area contributed by atoms with Gasteiger partial charge >= 0.3 is 0 Å². The summed E-state index contributed by atoms with van der Waals surface area (Å²) in [5.74, 6) is 0. The van der Waals surface area contributed by atoms with Crippen LogP contribution in [0.2, 0.25) is 0 Å². The Balaban J connectivity index is 1.04. The molecule has 2 nitrogen and oxygen atoms in total. The van der Waals surface area contributed by atoms with E-state index in [-0.39, 0.29) is 0 Å². The van der Waals surface area contributed by atoms with Crippen molar-refractivity contribution in [2.45, 2.75) is 6.42 Å². The van der Waals surface area contributed by atoms with E-state index in [4.69, 9.17) is 0 Å². The summed E-state index contributed by atoms with van der Waals surface area (Å²) in [5, 5.41) is 8.69. The van der Waals surface area contributed by atoms with Crippen molar-refractivity contribution in [3.8, 4) is 22.3 Å². The summed E-state index contributed by atoms with van der Waals surface area (Å²) >= 11 is 1.87. The average molecular weight is 711 g/mol. The van der Waals surface area contributed by atoms with E-state index in [2.05, 4.69) is 211 Å². The van der Waals surface area contributed by atoms with Crippen molar-refractivity contribution in [2.24, 2.45) is 0 Å². The summed E-state index contributed by atoms with van der Waals surface area (Å²) in [6.45, 7) is 4.53. The van der Waals surface area contributed by atoms with Gasteiger partial charge in [0.15, 0.2) is 0 Å². The SMILES string of the molecule is C=C1/C=C\C=C/C/C=C\C=C1N(c1ccc(-c2ccc(Nc3ccc(-c4ccccc4)cc3)cc2)cc1)c1ccc2sc3c4ccccc4ccc3c2c1. The van der Waals surface area contributed by atoms with E-state index in [1.807, 2.05) is 17.4 Å². The normalized spacial score (nSPS) is 14.8. The van der Waals surface area contributed by atoms with E-state index < -0.39 is 0 Å². The van der Waals surface area contributed by atoms with Crippen LogP contribution in [0.5, 0.6) is 0 Å². The predicted octanol–water partition coefficient (Wildman–Crippen LogP) is 14.9. The van der Waals surface area contributed by atoms with E-state index in [1.54, 1.807) is 0 Å². The van der Waals surface area contributed by atoms with Crippen molar-refractivity contribution in [1.29, 1.82) is 0 Å². The van der Waals surface area contributed by atoms with Crippen LogP contribution in [0, 0.1) is 0 Å². The van der Waals surface area contributed by atoms with E-state index in [0.717, 1.165) is 51.6 Å². The van der Waals surface area contributed by atoms with Crippen LogP contribution >= 0.6 is 11.3 Å². The number of fused-ring (bicyclic) bond motifs is 5.